The Morgan fingerprint density at radius 2 is 2.10 bits per heavy atom. The van der Waals surface area contributed by atoms with Gasteiger partial charge < -0.3 is 9.64 Å². The number of carbonyl (C=O) groups is 2. The number of hydrogen-bond donors (Lipinski definition) is 1. The fraction of sp³-hybridized carbons (Fsp3) is 0.462. The Balaban J connectivity index is 1.96. The van der Waals surface area contributed by atoms with Crippen LogP contribution in [0.1, 0.15) is 29.4 Å². The van der Waals surface area contributed by atoms with Gasteiger partial charge in [0.1, 0.15) is 4.88 Å². The molecule has 0 spiro atoms. The number of carbonyl (C=O) groups excluding carboxylic acids is 2. The van der Waals surface area contributed by atoms with Gasteiger partial charge in [0.25, 0.3) is 0 Å². The first-order valence-corrected chi connectivity index (χ1v) is 7.22. The molecule has 0 saturated carbocycles. The molecule has 1 aliphatic rings. The van der Waals surface area contributed by atoms with Gasteiger partial charge in [0.2, 0.25) is 5.91 Å². The van der Waals surface area contributed by atoms with Gasteiger partial charge in [-0.2, -0.15) is 5.10 Å². The van der Waals surface area contributed by atoms with E-state index in [1.807, 2.05) is 10.3 Å². The van der Waals surface area contributed by atoms with Crippen molar-refractivity contribution in [2.24, 2.45) is 5.10 Å². The van der Waals surface area contributed by atoms with Gasteiger partial charge in [-0.25, -0.2) is 4.79 Å². The maximum atomic E-state index is 11.5. The molecule has 6 nitrogen and oxygen atoms in total. The lowest BCUT2D eigenvalue weighted by molar-refractivity contribution is -0.128. The lowest BCUT2D eigenvalue weighted by Gasteiger charge is -2.26. The minimum atomic E-state index is -0.367. The van der Waals surface area contributed by atoms with Gasteiger partial charge in [-0.15, -0.1) is 11.3 Å². The molecule has 2 rings (SSSR count). The number of amides is 1. The van der Waals surface area contributed by atoms with Crippen molar-refractivity contribution in [2.45, 2.75) is 19.8 Å². The van der Waals surface area contributed by atoms with E-state index in [4.69, 9.17) is 4.74 Å². The number of nitrogens with zero attached hydrogens (tertiary/aromatic N) is 2. The predicted octanol–water partition coefficient (Wildman–Crippen LogP) is 1.94. The molecule has 1 fully saturated rings. The molecule has 20 heavy (non-hydrogen) atoms. The molecule has 1 N–H and O–H groups in total. The summed E-state index contributed by atoms with van der Waals surface area (Å²) in [4.78, 5) is 25.1. The molecule has 0 aliphatic carbocycles. The van der Waals surface area contributed by atoms with Crippen LogP contribution in [0.25, 0.3) is 0 Å². The second-order valence-corrected chi connectivity index (χ2v) is 5.37. The van der Waals surface area contributed by atoms with E-state index in [9.17, 15) is 9.59 Å². The summed E-state index contributed by atoms with van der Waals surface area (Å²) >= 11 is 1.31. The third-order valence-electron chi connectivity index (χ3n) is 3.16. The molecule has 0 radical (unpaired) electrons. The van der Waals surface area contributed by atoms with Gasteiger partial charge in [-0.1, -0.05) is 0 Å². The summed E-state index contributed by atoms with van der Waals surface area (Å²) in [6.45, 7) is 2.97. The van der Waals surface area contributed by atoms with Crippen molar-refractivity contribution in [2.75, 3.05) is 25.6 Å². The highest BCUT2D eigenvalue weighted by Crippen LogP contribution is 2.23. The minimum absolute atomic E-state index is 0.0998. The fourth-order valence-electron chi connectivity index (χ4n) is 1.98. The Hall–Kier alpha value is -1.89. The molecule has 1 aliphatic heterocycles. The Bertz CT molecular complexity index is 529. The summed E-state index contributed by atoms with van der Waals surface area (Å²) in [6, 6.07) is 1.80. The average molecular weight is 295 g/mol. The molecule has 0 aromatic carbocycles. The first kappa shape index (κ1) is 14.5. The van der Waals surface area contributed by atoms with Crippen LogP contribution in [-0.4, -0.2) is 42.7 Å². The van der Waals surface area contributed by atoms with Crippen LogP contribution in [0.5, 0.6) is 0 Å². The van der Waals surface area contributed by atoms with Crippen molar-refractivity contribution in [1.82, 2.24) is 4.90 Å². The quantitative estimate of drug-likeness (QED) is 0.683. The summed E-state index contributed by atoms with van der Waals surface area (Å²) in [6.07, 6.45) is 1.51. The lowest BCUT2D eigenvalue weighted by Crippen LogP contribution is -2.37. The van der Waals surface area contributed by atoms with Crippen molar-refractivity contribution < 1.29 is 14.3 Å². The largest absolute Gasteiger partial charge is 0.465 e. The molecule has 0 bridgehead atoms. The molecule has 1 aromatic heterocycles. The fourth-order valence-corrected chi connectivity index (χ4v) is 2.74. The van der Waals surface area contributed by atoms with Crippen LogP contribution in [0.2, 0.25) is 0 Å². The zero-order valence-electron chi connectivity index (χ0n) is 11.5. The maximum Gasteiger partial charge on any atom is 0.350 e. The van der Waals surface area contributed by atoms with Gasteiger partial charge in [0.05, 0.1) is 12.8 Å². The molecule has 7 heteroatoms. The zero-order valence-corrected chi connectivity index (χ0v) is 12.3. The highest BCUT2D eigenvalue weighted by atomic mass is 32.1. The van der Waals surface area contributed by atoms with Crippen LogP contribution >= 0.6 is 11.3 Å². The summed E-state index contributed by atoms with van der Waals surface area (Å²) < 4.78 is 4.71. The number of hydrazone groups is 1. The van der Waals surface area contributed by atoms with Gasteiger partial charge in [0, 0.05) is 38.6 Å². The number of piperidine rings is 1. The number of likely N-dealkylation sites (tertiary alicyclic amines) is 1. The van der Waals surface area contributed by atoms with Crippen LogP contribution in [0.4, 0.5) is 5.69 Å². The van der Waals surface area contributed by atoms with Gasteiger partial charge >= 0.3 is 5.97 Å². The molecule has 1 amide bonds. The number of thiophene rings is 1. The standard InChI is InChI=1S/C13H17N3O3S/c1-9(17)16-6-3-10(4-7-16)14-15-11-5-8-20-12(11)13(18)19-2/h5,8,15H,3-4,6-7H2,1-2H3. The Morgan fingerprint density at radius 1 is 1.40 bits per heavy atom. The molecule has 0 unspecified atom stereocenters. The van der Waals surface area contributed by atoms with Crippen LogP contribution in [-0.2, 0) is 9.53 Å². The van der Waals surface area contributed by atoms with E-state index in [0.717, 1.165) is 18.6 Å². The first-order valence-electron chi connectivity index (χ1n) is 6.34. The molecular formula is C13H17N3O3S. The first-order chi connectivity index (χ1) is 9.61. The number of methoxy groups -OCH3 is 1. The minimum Gasteiger partial charge on any atom is -0.465 e. The molecule has 0 atom stereocenters. The van der Waals surface area contributed by atoms with Crippen LogP contribution in [0, 0.1) is 0 Å². The van der Waals surface area contributed by atoms with E-state index in [1.54, 1.807) is 13.0 Å². The number of esters is 1. The highest BCUT2D eigenvalue weighted by molar-refractivity contribution is 7.12. The predicted molar refractivity (Wildman–Crippen MR) is 78.2 cm³/mol. The number of rotatable bonds is 3. The van der Waals surface area contributed by atoms with Crippen LogP contribution in [0.3, 0.4) is 0 Å². The summed E-state index contributed by atoms with van der Waals surface area (Å²) in [7, 11) is 1.36. The molecule has 1 aromatic rings. The summed E-state index contributed by atoms with van der Waals surface area (Å²) in [5.74, 6) is -0.267. The number of ether oxygens (including phenoxy) is 1. The van der Waals surface area contributed by atoms with Crippen molar-refractivity contribution in [3.8, 4) is 0 Å². The third kappa shape index (κ3) is 3.36. The van der Waals surface area contributed by atoms with E-state index in [-0.39, 0.29) is 11.9 Å². The van der Waals surface area contributed by atoms with Crippen molar-refractivity contribution >= 4 is 34.6 Å². The monoisotopic (exact) mass is 295 g/mol. The van der Waals surface area contributed by atoms with Gasteiger partial charge in [0.15, 0.2) is 0 Å². The molecule has 1 saturated heterocycles. The highest BCUT2D eigenvalue weighted by Gasteiger charge is 2.17. The van der Waals surface area contributed by atoms with Crippen molar-refractivity contribution in [3.05, 3.63) is 16.3 Å². The normalized spacial score (nSPS) is 14.9. The SMILES string of the molecule is COC(=O)c1sccc1NN=C1CCN(C(C)=O)CC1. The van der Waals surface area contributed by atoms with E-state index in [1.165, 1.54) is 18.4 Å². The summed E-state index contributed by atoms with van der Waals surface area (Å²) in [5.41, 5.74) is 4.58. The lowest BCUT2D eigenvalue weighted by atomic mass is 10.1. The van der Waals surface area contributed by atoms with E-state index in [0.29, 0.717) is 23.7 Å². The zero-order chi connectivity index (χ0) is 14.5. The molecule has 108 valence electrons. The number of nitrogens with one attached hydrogen (secondary N) is 1. The second-order valence-electron chi connectivity index (χ2n) is 4.45. The average Bonchev–Trinajstić information content (AvgIpc) is 2.93. The molecule has 2 heterocycles. The third-order valence-corrected chi connectivity index (χ3v) is 4.05. The van der Waals surface area contributed by atoms with Gasteiger partial charge in [-0.05, 0) is 11.4 Å². The van der Waals surface area contributed by atoms with Crippen LogP contribution in [0.15, 0.2) is 16.5 Å². The smallest absolute Gasteiger partial charge is 0.350 e. The molecular weight excluding hydrogens is 278 g/mol. The Kier molecular flexibility index (Phi) is 4.73. The van der Waals surface area contributed by atoms with E-state index >= 15 is 0 Å². The second kappa shape index (κ2) is 6.51. The van der Waals surface area contributed by atoms with Gasteiger partial charge in [-0.3, -0.25) is 10.2 Å². The van der Waals surface area contributed by atoms with Crippen molar-refractivity contribution in [3.63, 3.8) is 0 Å². The van der Waals surface area contributed by atoms with Crippen molar-refractivity contribution in [1.29, 1.82) is 0 Å². The Morgan fingerprint density at radius 3 is 2.70 bits per heavy atom. The number of anilines is 1. The van der Waals surface area contributed by atoms with E-state index < -0.39 is 0 Å². The maximum absolute atomic E-state index is 11.5. The topological polar surface area (TPSA) is 71.0 Å². The number of hydrogen-bond acceptors (Lipinski definition) is 6. The van der Waals surface area contributed by atoms with Crippen LogP contribution < -0.4 is 5.43 Å². The van der Waals surface area contributed by atoms with E-state index in [2.05, 4.69) is 10.5 Å². The summed E-state index contributed by atoms with van der Waals surface area (Å²) in [5, 5.41) is 6.14. The Labute approximate surface area is 121 Å².